The molecule has 6 nitrogen and oxygen atoms in total. The van der Waals surface area contributed by atoms with E-state index >= 15 is 0 Å². The average molecular weight is 322 g/mol. The van der Waals surface area contributed by atoms with Crippen molar-refractivity contribution in [2.75, 3.05) is 0 Å². The second-order valence-corrected chi connectivity index (χ2v) is 5.64. The van der Waals surface area contributed by atoms with Crippen molar-refractivity contribution in [2.24, 2.45) is 0 Å². The van der Waals surface area contributed by atoms with E-state index in [1.54, 1.807) is 24.3 Å². The molecule has 1 N–H and O–H groups in total. The Morgan fingerprint density at radius 1 is 1.36 bits per heavy atom. The predicted molar refractivity (Wildman–Crippen MR) is 79.6 cm³/mol. The number of amides is 1. The number of rotatable bonds is 5. The smallest absolute Gasteiger partial charge is 0.228 e. The molecular formula is C15H16ClN3O3. The second kappa shape index (κ2) is 6.79. The molecule has 2 aromatic rings. The number of hydrogen-bond acceptors (Lipinski definition) is 5. The van der Waals surface area contributed by atoms with Crippen LogP contribution in [-0.2, 0) is 17.8 Å². The molecule has 0 bridgehead atoms. The minimum Gasteiger partial charge on any atom is -0.485 e. The lowest BCUT2D eigenvalue weighted by atomic mass is 10.0. The average Bonchev–Trinajstić information content (AvgIpc) is 2.94. The zero-order chi connectivity index (χ0) is 15.4. The van der Waals surface area contributed by atoms with E-state index < -0.39 is 0 Å². The number of nitrogens with zero attached hydrogens (tertiary/aromatic N) is 2. The van der Waals surface area contributed by atoms with Crippen LogP contribution in [-0.4, -0.2) is 22.1 Å². The van der Waals surface area contributed by atoms with E-state index in [1.807, 2.05) is 0 Å². The standard InChI is InChI=1S/C15H16ClN3O3/c16-10-4-6-12(7-5-10)21-9-13-18-15(22-19-13)8-11-2-1-3-14(20)17-11/h4-7,11H,1-3,8-9H2,(H,17,20). The van der Waals surface area contributed by atoms with Crippen molar-refractivity contribution in [3.8, 4) is 5.75 Å². The first-order chi connectivity index (χ1) is 10.7. The summed E-state index contributed by atoms with van der Waals surface area (Å²) in [6.07, 6.45) is 2.99. The molecule has 0 radical (unpaired) electrons. The van der Waals surface area contributed by atoms with Gasteiger partial charge < -0.3 is 14.6 Å². The molecule has 0 saturated carbocycles. The molecule has 2 heterocycles. The van der Waals surface area contributed by atoms with Gasteiger partial charge in [0.05, 0.1) is 0 Å². The second-order valence-electron chi connectivity index (χ2n) is 5.21. The van der Waals surface area contributed by atoms with Gasteiger partial charge in [0.15, 0.2) is 6.61 Å². The number of piperidine rings is 1. The lowest BCUT2D eigenvalue weighted by molar-refractivity contribution is -0.123. The number of benzene rings is 1. The molecule has 1 saturated heterocycles. The van der Waals surface area contributed by atoms with Crippen molar-refractivity contribution < 1.29 is 14.1 Å². The SMILES string of the molecule is O=C1CCCC(Cc2nc(COc3ccc(Cl)cc3)no2)N1. The Bertz CT molecular complexity index is 642. The van der Waals surface area contributed by atoms with Crippen molar-refractivity contribution >= 4 is 17.5 Å². The Hall–Kier alpha value is -2.08. The van der Waals surface area contributed by atoms with Gasteiger partial charge in [0, 0.05) is 23.9 Å². The maximum Gasteiger partial charge on any atom is 0.228 e. The molecule has 3 rings (SSSR count). The van der Waals surface area contributed by atoms with Crippen molar-refractivity contribution in [1.29, 1.82) is 0 Å². The highest BCUT2D eigenvalue weighted by atomic mass is 35.5. The zero-order valence-corrected chi connectivity index (χ0v) is 12.7. The van der Waals surface area contributed by atoms with Gasteiger partial charge in [0.1, 0.15) is 5.75 Å². The van der Waals surface area contributed by atoms with Gasteiger partial charge in [0.2, 0.25) is 17.6 Å². The molecule has 1 amide bonds. The van der Waals surface area contributed by atoms with Gasteiger partial charge in [-0.2, -0.15) is 4.98 Å². The first-order valence-electron chi connectivity index (χ1n) is 7.18. The summed E-state index contributed by atoms with van der Waals surface area (Å²) in [4.78, 5) is 15.6. The molecule has 1 aliphatic heterocycles. The highest BCUT2D eigenvalue weighted by Crippen LogP contribution is 2.17. The molecule has 1 atom stereocenters. The molecule has 7 heteroatoms. The molecule has 0 spiro atoms. The normalized spacial score (nSPS) is 18.0. The van der Waals surface area contributed by atoms with Crippen molar-refractivity contribution in [2.45, 2.75) is 38.3 Å². The van der Waals surface area contributed by atoms with Gasteiger partial charge in [-0.25, -0.2) is 0 Å². The fourth-order valence-electron chi connectivity index (χ4n) is 2.36. The van der Waals surface area contributed by atoms with Crippen molar-refractivity contribution in [1.82, 2.24) is 15.5 Å². The van der Waals surface area contributed by atoms with E-state index in [-0.39, 0.29) is 18.6 Å². The highest BCUT2D eigenvalue weighted by molar-refractivity contribution is 6.30. The molecule has 0 aliphatic carbocycles. The van der Waals surface area contributed by atoms with Gasteiger partial charge in [0.25, 0.3) is 0 Å². The third kappa shape index (κ3) is 3.98. The zero-order valence-electron chi connectivity index (χ0n) is 11.9. The Morgan fingerprint density at radius 2 is 2.18 bits per heavy atom. The van der Waals surface area contributed by atoms with Crippen LogP contribution in [0, 0.1) is 0 Å². The number of halogens is 1. The highest BCUT2D eigenvalue weighted by Gasteiger charge is 2.21. The molecule has 116 valence electrons. The maximum atomic E-state index is 11.3. The summed E-state index contributed by atoms with van der Waals surface area (Å²) < 4.78 is 10.8. The molecule has 1 aromatic carbocycles. The van der Waals surface area contributed by atoms with Crippen LogP contribution in [0.3, 0.4) is 0 Å². The number of carbonyl (C=O) groups is 1. The number of ether oxygens (including phenoxy) is 1. The van der Waals surface area contributed by atoms with Gasteiger partial charge in [-0.05, 0) is 37.1 Å². The van der Waals surface area contributed by atoms with Crippen molar-refractivity contribution in [3.63, 3.8) is 0 Å². The van der Waals surface area contributed by atoms with Crippen LogP contribution in [0.1, 0.15) is 31.0 Å². The fourth-order valence-corrected chi connectivity index (χ4v) is 2.48. The van der Waals surface area contributed by atoms with E-state index in [1.165, 1.54) is 0 Å². The molecule has 22 heavy (non-hydrogen) atoms. The summed E-state index contributed by atoms with van der Waals surface area (Å²) in [5.41, 5.74) is 0. The first kappa shape index (κ1) is 14.8. The van der Waals surface area contributed by atoms with Crippen LogP contribution >= 0.6 is 11.6 Å². The van der Waals surface area contributed by atoms with E-state index in [4.69, 9.17) is 20.9 Å². The summed E-state index contributed by atoms with van der Waals surface area (Å²) in [7, 11) is 0. The third-order valence-electron chi connectivity index (χ3n) is 3.43. The number of hydrogen-bond donors (Lipinski definition) is 1. The Labute approximate surface area is 132 Å². The minimum atomic E-state index is 0.0757. The topological polar surface area (TPSA) is 77.2 Å². The van der Waals surface area contributed by atoms with Gasteiger partial charge >= 0.3 is 0 Å². The fraction of sp³-hybridized carbons (Fsp3) is 0.400. The van der Waals surface area contributed by atoms with E-state index in [0.717, 1.165) is 12.8 Å². The first-order valence-corrected chi connectivity index (χ1v) is 7.56. The van der Waals surface area contributed by atoms with Crippen LogP contribution in [0.15, 0.2) is 28.8 Å². The largest absolute Gasteiger partial charge is 0.485 e. The van der Waals surface area contributed by atoms with E-state index in [9.17, 15) is 4.79 Å². The summed E-state index contributed by atoms with van der Waals surface area (Å²) >= 11 is 5.81. The molecule has 1 aliphatic rings. The monoisotopic (exact) mass is 321 g/mol. The van der Waals surface area contributed by atoms with Crippen LogP contribution < -0.4 is 10.1 Å². The van der Waals surface area contributed by atoms with E-state index in [2.05, 4.69) is 15.5 Å². The maximum absolute atomic E-state index is 11.3. The number of carbonyl (C=O) groups excluding carboxylic acids is 1. The van der Waals surface area contributed by atoms with Crippen LogP contribution in [0.5, 0.6) is 5.75 Å². The Balaban J connectivity index is 1.52. The summed E-state index contributed by atoms with van der Waals surface area (Å²) in [5, 5.41) is 7.47. The lowest BCUT2D eigenvalue weighted by Crippen LogP contribution is -2.40. The van der Waals surface area contributed by atoms with E-state index in [0.29, 0.717) is 35.3 Å². The van der Waals surface area contributed by atoms with Crippen LogP contribution in [0.4, 0.5) is 0 Å². The Morgan fingerprint density at radius 3 is 2.95 bits per heavy atom. The van der Waals surface area contributed by atoms with Crippen LogP contribution in [0.25, 0.3) is 0 Å². The van der Waals surface area contributed by atoms with Crippen molar-refractivity contribution in [3.05, 3.63) is 41.0 Å². The number of nitrogens with one attached hydrogen (secondary N) is 1. The molecule has 1 fully saturated rings. The lowest BCUT2D eigenvalue weighted by Gasteiger charge is -2.21. The summed E-state index contributed by atoms with van der Waals surface area (Å²) in [5.74, 6) is 1.77. The quantitative estimate of drug-likeness (QED) is 0.915. The van der Waals surface area contributed by atoms with Gasteiger partial charge in [-0.3, -0.25) is 4.79 Å². The van der Waals surface area contributed by atoms with Crippen LogP contribution in [0.2, 0.25) is 5.02 Å². The minimum absolute atomic E-state index is 0.0757. The number of aromatic nitrogens is 2. The third-order valence-corrected chi connectivity index (χ3v) is 3.69. The van der Waals surface area contributed by atoms with Gasteiger partial charge in [-0.1, -0.05) is 16.8 Å². The molecular weight excluding hydrogens is 306 g/mol. The summed E-state index contributed by atoms with van der Waals surface area (Å²) in [6, 6.07) is 7.14. The molecule has 1 unspecified atom stereocenters. The predicted octanol–water partition coefficient (Wildman–Crippen LogP) is 2.51. The summed E-state index contributed by atoms with van der Waals surface area (Å²) in [6.45, 7) is 0.224. The molecule has 1 aromatic heterocycles. The van der Waals surface area contributed by atoms with Gasteiger partial charge in [-0.15, -0.1) is 0 Å². The Kier molecular flexibility index (Phi) is 4.58.